The number of fused-ring (bicyclic) bond motifs is 5. The zero-order valence-electron chi connectivity index (χ0n) is 17.2. The number of ether oxygens (including phenoxy) is 1. The van der Waals surface area contributed by atoms with Crippen molar-refractivity contribution in [1.29, 1.82) is 0 Å². The highest BCUT2D eigenvalue weighted by atomic mass is 16.5. The Morgan fingerprint density at radius 1 is 0.900 bits per heavy atom. The third kappa shape index (κ3) is 2.74. The van der Waals surface area contributed by atoms with Crippen molar-refractivity contribution in [1.82, 2.24) is 0 Å². The molecule has 5 rings (SSSR count). The standard InChI is InChI=1S/C26H25NO3/c1-3-15-30-19-11-9-18(10-12-19)27-25(28)23-20-13-14-21(24(23)26(27)29)22(20)16(2)17-7-5-4-6-8-17/h4-14,20-21,23-24H,3,15H2,1-2H3/t20-,21-,23+,24+/m0/s1. The third-order valence-electron chi connectivity index (χ3n) is 6.62. The Bertz CT molecular complexity index is 1020. The largest absolute Gasteiger partial charge is 0.494 e. The Hall–Kier alpha value is -3.14. The van der Waals surface area contributed by atoms with E-state index in [2.05, 4.69) is 38.1 Å². The first-order chi connectivity index (χ1) is 14.6. The highest BCUT2D eigenvalue weighted by molar-refractivity contribution is 6.23. The molecule has 4 heteroatoms. The maximum Gasteiger partial charge on any atom is 0.238 e. The average molecular weight is 399 g/mol. The second-order valence-corrected chi connectivity index (χ2v) is 8.29. The number of rotatable bonds is 5. The van der Waals surface area contributed by atoms with Crippen molar-refractivity contribution < 1.29 is 14.3 Å². The summed E-state index contributed by atoms with van der Waals surface area (Å²) in [5, 5.41) is 0. The molecule has 2 aromatic carbocycles. The van der Waals surface area contributed by atoms with Crippen LogP contribution in [0.5, 0.6) is 5.75 Å². The monoisotopic (exact) mass is 399 g/mol. The molecule has 1 heterocycles. The van der Waals surface area contributed by atoms with E-state index in [1.165, 1.54) is 16.0 Å². The molecule has 152 valence electrons. The predicted molar refractivity (Wildman–Crippen MR) is 117 cm³/mol. The van der Waals surface area contributed by atoms with Gasteiger partial charge in [-0.3, -0.25) is 9.59 Å². The SMILES string of the molecule is CCCOc1ccc(N2C(=O)[C@H]3[C@H](C2=O)[C@H]2C=C[C@H]3C2=C(C)c2ccccc2)cc1. The number of hydrogen-bond donors (Lipinski definition) is 0. The summed E-state index contributed by atoms with van der Waals surface area (Å²) in [5.74, 6) is 0.0206. The van der Waals surface area contributed by atoms with E-state index >= 15 is 0 Å². The zero-order valence-corrected chi connectivity index (χ0v) is 17.2. The molecular weight excluding hydrogens is 374 g/mol. The normalized spacial score (nSPS) is 26.5. The summed E-state index contributed by atoms with van der Waals surface area (Å²) < 4.78 is 5.62. The van der Waals surface area contributed by atoms with Crippen LogP contribution in [-0.2, 0) is 9.59 Å². The molecule has 1 saturated carbocycles. The topological polar surface area (TPSA) is 46.6 Å². The van der Waals surface area contributed by atoms with Gasteiger partial charge in [-0.2, -0.15) is 0 Å². The van der Waals surface area contributed by atoms with Crippen LogP contribution < -0.4 is 9.64 Å². The van der Waals surface area contributed by atoms with Crippen molar-refractivity contribution in [3.63, 3.8) is 0 Å². The lowest BCUT2D eigenvalue weighted by Gasteiger charge is -2.20. The highest BCUT2D eigenvalue weighted by Crippen LogP contribution is 2.58. The van der Waals surface area contributed by atoms with Gasteiger partial charge in [0.05, 0.1) is 24.1 Å². The smallest absolute Gasteiger partial charge is 0.238 e. The van der Waals surface area contributed by atoms with Crippen LogP contribution in [0.3, 0.4) is 0 Å². The van der Waals surface area contributed by atoms with Crippen LogP contribution >= 0.6 is 0 Å². The Labute approximate surface area is 176 Å². The Kier molecular flexibility index (Phi) is 4.58. The lowest BCUT2D eigenvalue weighted by molar-refractivity contribution is -0.122. The van der Waals surface area contributed by atoms with Gasteiger partial charge in [-0.25, -0.2) is 4.90 Å². The third-order valence-corrected chi connectivity index (χ3v) is 6.62. The number of hydrogen-bond acceptors (Lipinski definition) is 3. The van der Waals surface area contributed by atoms with E-state index in [1.54, 1.807) is 0 Å². The van der Waals surface area contributed by atoms with Crippen molar-refractivity contribution in [3.8, 4) is 5.75 Å². The molecule has 1 aliphatic heterocycles. The molecule has 0 aromatic heterocycles. The summed E-state index contributed by atoms with van der Waals surface area (Å²) in [6.07, 6.45) is 5.19. The Morgan fingerprint density at radius 3 is 2.07 bits per heavy atom. The van der Waals surface area contributed by atoms with Gasteiger partial charge >= 0.3 is 0 Å². The number of nitrogens with zero attached hydrogens (tertiary/aromatic N) is 1. The molecule has 1 saturated heterocycles. The number of carbonyl (C=O) groups excluding carboxylic acids is 2. The van der Waals surface area contributed by atoms with Crippen LogP contribution in [0.15, 0.2) is 72.3 Å². The van der Waals surface area contributed by atoms with Crippen LogP contribution in [0.1, 0.15) is 25.8 Å². The van der Waals surface area contributed by atoms with Crippen LogP contribution in [-0.4, -0.2) is 18.4 Å². The van der Waals surface area contributed by atoms with E-state index in [-0.39, 0.29) is 35.5 Å². The van der Waals surface area contributed by atoms with Crippen molar-refractivity contribution in [2.24, 2.45) is 23.7 Å². The molecule has 2 bridgehead atoms. The summed E-state index contributed by atoms with van der Waals surface area (Å²) >= 11 is 0. The highest BCUT2D eigenvalue weighted by Gasteiger charge is 2.62. The first kappa shape index (κ1) is 18.9. The van der Waals surface area contributed by atoms with Crippen LogP contribution in [0, 0.1) is 23.7 Å². The minimum atomic E-state index is -0.294. The van der Waals surface area contributed by atoms with Crippen LogP contribution in [0.4, 0.5) is 5.69 Å². The van der Waals surface area contributed by atoms with Gasteiger partial charge in [0.2, 0.25) is 11.8 Å². The first-order valence-corrected chi connectivity index (χ1v) is 10.7. The predicted octanol–water partition coefficient (Wildman–Crippen LogP) is 4.87. The van der Waals surface area contributed by atoms with E-state index in [9.17, 15) is 9.59 Å². The fourth-order valence-corrected chi connectivity index (χ4v) is 5.28. The van der Waals surface area contributed by atoms with Gasteiger partial charge in [0.1, 0.15) is 5.75 Å². The number of benzene rings is 2. The first-order valence-electron chi connectivity index (χ1n) is 10.7. The number of amides is 2. The molecule has 2 fully saturated rings. The van der Waals surface area contributed by atoms with Crippen molar-refractivity contribution in [3.05, 3.63) is 77.9 Å². The minimum Gasteiger partial charge on any atom is -0.494 e. The van der Waals surface area contributed by atoms with E-state index in [1.807, 2.05) is 42.5 Å². The molecule has 30 heavy (non-hydrogen) atoms. The summed E-state index contributed by atoms with van der Waals surface area (Å²) in [4.78, 5) is 28.1. The average Bonchev–Trinajstić information content (AvgIpc) is 3.42. The maximum absolute atomic E-state index is 13.4. The lowest BCUT2D eigenvalue weighted by Crippen LogP contribution is -2.33. The molecule has 4 nitrogen and oxygen atoms in total. The van der Waals surface area contributed by atoms with Gasteiger partial charge in [-0.05, 0) is 48.7 Å². The van der Waals surface area contributed by atoms with Gasteiger partial charge in [-0.1, -0.05) is 55.0 Å². The van der Waals surface area contributed by atoms with Crippen molar-refractivity contribution in [2.45, 2.75) is 20.3 Å². The van der Waals surface area contributed by atoms with Crippen LogP contribution in [0.25, 0.3) is 5.57 Å². The van der Waals surface area contributed by atoms with Crippen LogP contribution in [0.2, 0.25) is 0 Å². The molecule has 2 aliphatic carbocycles. The molecular formula is C26H25NO3. The summed E-state index contributed by atoms with van der Waals surface area (Å²) in [5.41, 5.74) is 4.22. The Morgan fingerprint density at radius 2 is 1.50 bits per heavy atom. The summed E-state index contributed by atoms with van der Waals surface area (Å²) in [6.45, 7) is 4.82. The molecule has 2 amide bonds. The fourth-order valence-electron chi connectivity index (χ4n) is 5.28. The number of imide groups is 1. The van der Waals surface area contributed by atoms with E-state index in [0.29, 0.717) is 12.3 Å². The van der Waals surface area contributed by atoms with Gasteiger partial charge < -0.3 is 4.74 Å². The fraction of sp³-hybridized carbons (Fsp3) is 0.308. The van der Waals surface area contributed by atoms with Crippen molar-refractivity contribution >= 4 is 23.1 Å². The molecule has 3 aliphatic rings. The van der Waals surface area contributed by atoms with E-state index in [4.69, 9.17) is 4.74 Å². The number of allylic oxidation sites excluding steroid dienone is 4. The zero-order chi connectivity index (χ0) is 20.8. The summed E-state index contributed by atoms with van der Waals surface area (Å²) in [6, 6.07) is 17.5. The molecule has 2 aromatic rings. The maximum atomic E-state index is 13.4. The molecule has 0 N–H and O–H groups in total. The number of anilines is 1. The quantitative estimate of drug-likeness (QED) is 0.532. The molecule has 0 spiro atoms. The van der Waals surface area contributed by atoms with Gasteiger partial charge in [0, 0.05) is 11.8 Å². The second-order valence-electron chi connectivity index (χ2n) is 8.29. The Balaban J connectivity index is 1.45. The summed E-state index contributed by atoms with van der Waals surface area (Å²) in [7, 11) is 0. The number of carbonyl (C=O) groups is 2. The molecule has 0 unspecified atom stereocenters. The van der Waals surface area contributed by atoms with Gasteiger partial charge in [-0.15, -0.1) is 0 Å². The van der Waals surface area contributed by atoms with Crippen molar-refractivity contribution in [2.75, 3.05) is 11.5 Å². The van der Waals surface area contributed by atoms with Gasteiger partial charge in [0.15, 0.2) is 0 Å². The minimum absolute atomic E-state index is 0.00816. The lowest BCUT2D eigenvalue weighted by atomic mass is 9.85. The van der Waals surface area contributed by atoms with Gasteiger partial charge in [0.25, 0.3) is 0 Å². The molecule has 0 radical (unpaired) electrons. The second kappa shape index (κ2) is 7.28. The van der Waals surface area contributed by atoms with E-state index < -0.39 is 0 Å². The molecule has 4 atom stereocenters. The van der Waals surface area contributed by atoms with E-state index in [0.717, 1.165) is 17.7 Å².